The number of nitrogen functional groups attached to an aromatic ring is 1. The van der Waals surface area contributed by atoms with E-state index in [1.807, 2.05) is 29.6 Å². The summed E-state index contributed by atoms with van der Waals surface area (Å²) >= 11 is 3.85. The zero-order valence-electron chi connectivity index (χ0n) is 8.72. The molecule has 0 amide bonds. The van der Waals surface area contributed by atoms with Crippen LogP contribution in [0, 0.1) is 3.70 Å². The van der Waals surface area contributed by atoms with Crippen LogP contribution in [0.3, 0.4) is 0 Å². The Morgan fingerprint density at radius 1 is 1.12 bits per heavy atom. The van der Waals surface area contributed by atoms with Gasteiger partial charge in [0, 0.05) is 16.3 Å². The quantitative estimate of drug-likeness (QED) is 0.681. The van der Waals surface area contributed by atoms with E-state index < -0.39 is 0 Å². The topological polar surface area (TPSA) is 51.8 Å². The van der Waals surface area contributed by atoms with Gasteiger partial charge in [0.1, 0.15) is 14.5 Å². The molecule has 0 spiro atoms. The fourth-order valence-electron chi connectivity index (χ4n) is 1.65. The van der Waals surface area contributed by atoms with E-state index in [4.69, 9.17) is 5.73 Å². The minimum Gasteiger partial charge on any atom is -0.384 e. The molecule has 3 rings (SSSR count). The maximum Gasteiger partial charge on any atom is 0.124 e. The van der Waals surface area contributed by atoms with Crippen LogP contribution in [0.15, 0.2) is 35.7 Å². The summed E-state index contributed by atoms with van der Waals surface area (Å²) in [6, 6.07) is 9.93. The lowest BCUT2D eigenvalue weighted by molar-refractivity contribution is 1.35. The number of benzene rings is 1. The molecule has 5 heteroatoms. The van der Waals surface area contributed by atoms with Crippen molar-refractivity contribution in [1.82, 2.24) is 9.97 Å². The summed E-state index contributed by atoms with van der Waals surface area (Å²) in [6.07, 6.45) is 0. The lowest BCUT2D eigenvalue weighted by Crippen LogP contribution is -1.89. The third-order valence-corrected chi connectivity index (χ3v) is 4.30. The monoisotopic (exact) mass is 353 g/mol. The van der Waals surface area contributed by atoms with Gasteiger partial charge in [-0.15, -0.1) is 11.3 Å². The number of fused-ring (bicyclic) bond motifs is 1. The van der Waals surface area contributed by atoms with Crippen LogP contribution in [0.25, 0.3) is 21.5 Å². The first-order valence-electron chi connectivity index (χ1n) is 5.00. The molecule has 2 heterocycles. The van der Waals surface area contributed by atoms with Crippen LogP contribution < -0.4 is 5.73 Å². The summed E-state index contributed by atoms with van der Waals surface area (Å²) in [5, 5.41) is 4.14. The van der Waals surface area contributed by atoms with Gasteiger partial charge in [-0.1, -0.05) is 12.1 Å². The van der Waals surface area contributed by atoms with Gasteiger partial charge >= 0.3 is 0 Å². The maximum absolute atomic E-state index is 5.69. The smallest absolute Gasteiger partial charge is 0.124 e. The number of hydrogen-bond acceptors (Lipinski definition) is 4. The Morgan fingerprint density at radius 3 is 2.71 bits per heavy atom. The molecule has 0 bridgehead atoms. The number of pyridine rings is 1. The van der Waals surface area contributed by atoms with Crippen molar-refractivity contribution >= 4 is 50.6 Å². The van der Waals surface area contributed by atoms with Gasteiger partial charge in [-0.3, -0.25) is 0 Å². The Bertz CT molecular complexity index is 693. The van der Waals surface area contributed by atoms with Gasteiger partial charge in [0.25, 0.3) is 0 Å². The molecule has 0 saturated carbocycles. The number of aromatic nitrogens is 2. The summed E-state index contributed by atoms with van der Waals surface area (Å²) in [7, 11) is 0. The Balaban J connectivity index is 2.18. The molecule has 0 fully saturated rings. The number of rotatable bonds is 1. The van der Waals surface area contributed by atoms with Gasteiger partial charge in [0.2, 0.25) is 0 Å². The van der Waals surface area contributed by atoms with E-state index in [0.29, 0.717) is 5.82 Å². The molecule has 0 atom stereocenters. The van der Waals surface area contributed by atoms with Crippen LogP contribution in [0.4, 0.5) is 5.82 Å². The average molecular weight is 353 g/mol. The molecule has 17 heavy (non-hydrogen) atoms. The number of thiazole rings is 1. The molecule has 2 N–H and O–H groups in total. The predicted molar refractivity (Wildman–Crippen MR) is 80.0 cm³/mol. The van der Waals surface area contributed by atoms with Crippen molar-refractivity contribution in [1.29, 1.82) is 0 Å². The number of anilines is 1. The second-order valence-corrected chi connectivity index (χ2v) is 5.58. The Labute approximate surface area is 116 Å². The van der Waals surface area contributed by atoms with Crippen LogP contribution in [-0.4, -0.2) is 9.97 Å². The Hall–Kier alpha value is -1.21. The second kappa shape index (κ2) is 4.23. The van der Waals surface area contributed by atoms with Gasteiger partial charge in [-0.2, -0.15) is 0 Å². The molecule has 2 aromatic heterocycles. The van der Waals surface area contributed by atoms with Crippen molar-refractivity contribution in [2.75, 3.05) is 5.73 Å². The summed E-state index contributed by atoms with van der Waals surface area (Å²) in [6.45, 7) is 0. The molecule has 3 aromatic rings. The summed E-state index contributed by atoms with van der Waals surface area (Å²) in [4.78, 5) is 8.78. The minimum absolute atomic E-state index is 0.545. The van der Waals surface area contributed by atoms with Gasteiger partial charge in [-0.25, -0.2) is 9.97 Å². The van der Waals surface area contributed by atoms with Gasteiger partial charge < -0.3 is 5.73 Å². The van der Waals surface area contributed by atoms with E-state index in [2.05, 4.69) is 38.6 Å². The van der Waals surface area contributed by atoms with Crippen LogP contribution in [0.1, 0.15) is 0 Å². The Morgan fingerprint density at radius 2 is 1.94 bits per heavy atom. The Kier molecular flexibility index (Phi) is 2.71. The van der Waals surface area contributed by atoms with Crippen molar-refractivity contribution in [3.8, 4) is 10.6 Å². The summed E-state index contributed by atoms with van der Waals surface area (Å²) in [5.74, 6) is 0.545. The molecule has 0 saturated heterocycles. The molecule has 0 aliphatic heterocycles. The third kappa shape index (κ3) is 2.12. The molecule has 3 nitrogen and oxygen atoms in total. The summed E-state index contributed by atoms with van der Waals surface area (Å²) in [5.41, 5.74) is 7.69. The van der Waals surface area contributed by atoms with E-state index in [1.54, 1.807) is 11.3 Å². The fraction of sp³-hybridized carbons (Fsp3) is 0. The maximum atomic E-state index is 5.69. The number of nitrogens with zero attached hydrogens (tertiary/aromatic N) is 2. The lowest BCUT2D eigenvalue weighted by Gasteiger charge is -2.01. The summed E-state index contributed by atoms with van der Waals surface area (Å²) < 4.78 is 1.02. The molecule has 0 aliphatic carbocycles. The molecular formula is C12H8IN3S. The number of hydrogen-bond donors (Lipinski definition) is 1. The van der Waals surface area contributed by atoms with E-state index in [1.165, 1.54) is 0 Å². The van der Waals surface area contributed by atoms with Crippen molar-refractivity contribution < 1.29 is 0 Å². The van der Waals surface area contributed by atoms with E-state index in [-0.39, 0.29) is 0 Å². The molecule has 0 unspecified atom stereocenters. The van der Waals surface area contributed by atoms with Crippen LogP contribution in [0.5, 0.6) is 0 Å². The van der Waals surface area contributed by atoms with E-state index in [0.717, 1.165) is 25.2 Å². The fourth-order valence-corrected chi connectivity index (χ4v) is 3.11. The lowest BCUT2D eigenvalue weighted by atomic mass is 10.1. The molecule has 84 valence electrons. The zero-order chi connectivity index (χ0) is 11.8. The highest BCUT2D eigenvalue weighted by molar-refractivity contribution is 14.1. The van der Waals surface area contributed by atoms with Gasteiger partial charge in [-0.05, 0) is 40.8 Å². The molecule has 0 aliphatic rings. The number of nitrogens with two attached hydrogens (primary N) is 1. The minimum atomic E-state index is 0.545. The highest BCUT2D eigenvalue weighted by Crippen LogP contribution is 2.27. The molecule has 1 aromatic carbocycles. The first-order valence-corrected chi connectivity index (χ1v) is 6.96. The van der Waals surface area contributed by atoms with Crippen molar-refractivity contribution in [3.63, 3.8) is 0 Å². The highest BCUT2D eigenvalue weighted by atomic mass is 127. The largest absolute Gasteiger partial charge is 0.384 e. The van der Waals surface area contributed by atoms with Crippen molar-refractivity contribution in [2.45, 2.75) is 0 Å². The molecule has 0 radical (unpaired) electrons. The zero-order valence-corrected chi connectivity index (χ0v) is 11.7. The normalized spacial score (nSPS) is 10.9. The third-order valence-electron chi connectivity index (χ3n) is 2.44. The average Bonchev–Trinajstić information content (AvgIpc) is 2.75. The SMILES string of the molecule is Nc1ccc2ccc(-c3nc(I)cs3)cc2n1. The van der Waals surface area contributed by atoms with Crippen molar-refractivity contribution in [3.05, 3.63) is 39.4 Å². The second-order valence-electron chi connectivity index (χ2n) is 3.62. The number of halogens is 1. The van der Waals surface area contributed by atoms with Crippen LogP contribution in [0.2, 0.25) is 0 Å². The van der Waals surface area contributed by atoms with E-state index >= 15 is 0 Å². The van der Waals surface area contributed by atoms with Crippen LogP contribution in [-0.2, 0) is 0 Å². The first kappa shape index (κ1) is 10.9. The van der Waals surface area contributed by atoms with Crippen molar-refractivity contribution in [2.24, 2.45) is 0 Å². The highest BCUT2D eigenvalue weighted by Gasteiger charge is 2.04. The van der Waals surface area contributed by atoms with Crippen LogP contribution >= 0.6 is 33.9 Å². The predicted octanol–water partition coefficient (Wildman–Crippen LogP) is 3.55. The standard InChI is InChI=1S/C12H8IN3S/c13-10-6-17-12(16-10)8-2-1-7-3-4-11(14)15-9(7)5-8/h1-6H,(H2,14,15). The molecular weight excluding hydrogens is 345 g/mol. The van der Waals surface area contributed by atoms with E-state index in [9.17, 15) is 0 Å². The van der Waals surface area contributed by atoms with Gasteiger partial charge in [0.15, 0.2) is 0 Å². The van der Waals surface area contributed by atoms with Gasteiger partial charge in [0.05, 0.1) is 5.52 Å². The first-order chi connectivity index (χ1) is 8.22.